The highest BCUT2D eigenvalue weighted by molar-refractivity contribution is 5.98. The number of carboxylic acids is 1. The Morgan fingerprint density at radius 3 is 2.86 bits per heavy atom. The van der Waals surface area contributed by atoms with Crippen LogP contribution >= 0.6 is 0 Å². The second-order valence-electron chi connectivity index (χ2n) is 5.02. The molecule has 3 rings (SSSR count). The molecule has 2 aromatic heterocycles. The average Bonchev–Trinajstić information content (AvgIpc) is 3.03. The van der Waals surface area contributed by atoms with Crippen molar-refractivity contribution in [3.63, 3.8) is 0 Å². The van der Waals surface area contributed by atoms with Crippen LogP contribution in [0.5, 0.6) is 0 Å². The van der Waals surface area contributed by atoms with Gasteiger partial charge in [-0.05, 0) is 13.8 Å². The third-order valence-corrected chi connectivity index (χ3v) is 3.69. The Bertz CT molecular complexity index is 698. The van der Waals surface area contributed by atoms with Crippen LogP contribution in [0, 0.1) is 13.8 Å². The second kappa shape index (κ2) is 4.72. The van der Waals surface area contributed by atoms with Gasteiger partial charge in [-0.2, -0.15) is 0 Å². The lowest BCUT2D eigenvalue weighted by molar-refractivity contribution is -0.142. The van der Waals surface area contributed by atoms with E-state index in [1.807, 2.05) is 0 Å². The van der Waals surface area contributed by atoms with Crippen molar-refractivity contribution in [2.75, 3.05) is 0 Å². The minimum atomic E-state index is -1.05. The third-order valence-electron chi connectivity index (χ3n) is 3.69. The summed E-state index contributed by atoms with van der Waals surface area (Å²) in [6.07, 6.45) is 1.69. The van der Waals surface area contributed by atoms with E-state index in [1.54, 1.807) is 13.8 Å². The van der Waals surface area contributed by atoms with E-state index < -0.39 is 12.0 Å². The van der Waals surface area contributed by atoms with Crippen molar-refractivity contribution in [3.05, 3.63) is 34.7 Å². The Hall–Kier alpha value is -2.64. The molecule has 0 aliphatic carbocycles. The molecule has 0 saturated carbocycles. The molecule has 110 valence electrons. The second-order valence-corrected chi connectivity index (χ2v) is 5.02. The molecule has 1 atom stereocenters. The Balaban J connectivity index is 2.00. The van der Waals surface area contributed by atoms with Crippen molar-refractivity contribution in [2.24, 2.45) is 0 Å². The zero-order chi connectivity index (χ0) is 15.1. The van der Waals surface area contributed by atoms with Gasteiger partial charge in [-0.1, -0.05) is 5.16 Å². The molecular weight excluding hydrogens is 276 g/mol. The highest BCUT2D eigenvalue weighted by Gasteiger charge is 2.38. The first kappa shape index (κ1) is 13.3. The number of amides is 1. The fourth-order valence-electron chi connectivity index (χ4n) is 2.60. The highest BCUT2D eigenvalue weighted by Crippen LogP contribution is 2.25. The van der Waals surface area contributed by atoms with Gasteiger partial charge in [0.25, 0.3) is 5.91 Å². The number of hydrogen-bond donors (Lipinski definition) is 2. The Kier molecular flexibility index (Phi) is 3.00. The normalized spacial score (nSPS) is 17.6. The molecule has 0 spiro atoms. The summed E-state index contributed by atoms with van der Waals surface area (Å²) in [5.74, 6) is -1.06. The van der Waals surface area contributed by atoms with Crippen LogP contribution in [-0.2, 0) is 17.8 Å². The number of aromatic amines is 1. The zero-order valence-electron chi connectivity index (χ0n) is 11.6. The molecule has 1 aliphatic heterocycles. The molecule has 2 N–H and O–H groups in total. The SMILES string of the molecule is Cc1noc(C)c1C(=O)N1Cc2[nH]cnc2CC1C(=O)O. The Morgan fingerprint density at radius 1 is 1.48 bits per heavy atom. The lowest BCUT2D eigenvalue weighted by Crippen LogP contribution is -2.49. The summed E-state index contributed by atoms with van der Waals surface area (Å²) in [4.78, 5) is 32.5. The number of hydrogen-bond acceptors (Lipinski definition) is 5. The fourth-order valence-corrected chi connectivity index (χ4v) is 2.60. The Morgan fingerprint density at radius 2 is 2.24 bits per heavy atom. The van der Waals surface area contributed by atoms with Gasteiger partial charge in [-0.25, -0.2) is 9.78 Å². The maximum Gasteiger partial charge on any atom is 0.326 e. The topological polar surface area (TPSA) is 112 Å². The molecule has 3 heterocycles. The molecular formula is C13H14N4O4. The van der Waals surface area contributed by atoms with E-state index in [1.165, 1.54) is 11.2 Å². The zero-order valence-corrected chi connectivity index (χ0v) is 11.6. The first-order valence-electron chi connectivity index (χ1n) is 6.46. The summed E-state index contributed by atoms with van der Waals surface area (Å²) in [7, 11) is 0. The molecule has 0 radical (unpaired) electrons. The van der Waals surface area contributed by atoms with E-state index in [-0.39, 0.29) is 18.9 Å². The highest BCUT2D eigenvalue weighted by atomic mass is 16.5. The quantitative estimate of drug-likeness (QED) is 0.840. The van der Waals surface area contributed by atoms with Crippen LogP contribution in [0.4, 0.5) is 0 Å². The predicted octanol–water partition coefficient (Wildman–Crippen LogP) is 0.666. The number of nitrogens with one attached hydrogen (secondary N) is 1. The van der Waals surface area contributed by atoms with E-state index >= 15 is 0 Å². The van der Waals surface area contributed by atoms with Crippen molar-refractivity contribution in [2.45, 2.75) is 32.9 Å². The number of aromatic nitrogens is 3. The van der Waals surface area contributed by atoms with Crippen LogP contribution in [0.25, 0.3) is 0 Å². The maximum atomic E-state index is 12.7. The summed E-state index contributed by atoms with van der Waals surface area (Å²) in [6.45, 7) is 3.47. The van der Waals surface area contributed by atoms with Gasteiger partial charge in [0.15, 0.2) is 0 Å². The van der Waals surface area contributed by atoms with Crippen molar-refractivity contribution in [1.82, 2.24) is 20.0 Å². The van der Waals surface area contributed by atoms with Crippen LogP contribution in [0.1, 0.15) is 33.2 Å². The van der Waals surface area contributed by atoms with Gasteiger partial charge in [-0.15, -0.1) is 0 Å². The smallest absolute Gasteiger partial charge is 0.326 e. The molecule has 8 nitrogen and oxygen atoms in total. The molecule has 1 amide bonds. The number of carbonyl (C=O) groups excluding carboxylic acids is 1. The van der Waals surface area contributed by atoms with Gasteiger partial charge in [-0.3, -0.25) is 4.79 Å². The van der Waals surface area contributed by atoms with Crippen LogP contribution < -0.4 is 0 Å². The first-order valence-corrected chi connectivity index (χ1v) is 6.46. The summed E-state index contributed by atoms with van der Waals surface area (Å²) in [5, 5.41) is 13.1. The number of fused-ring (bicyclic) bond motifs is 1. The summed E-state index contributed by atoms with van der Waals surface area (Å²) in [5.41, 5.74) is 2.22. The number of imidazole rings is 1. The molecule has 1 aliphatic rings. The lowest BCUT2D eigenvalue weighted by atomic mass is 10.0. The summed E-state index contributed by atoms with van der Waals surface area (Å²) < 4.78 is 4.99. The van der Waals surface area contributed by atoms with E-state index in [0.717, 1.165) is 5.69 Å². The predicted molar refractivity (Wildman–Crippen MR) is 69.6 cm³/mol. The van der Waals surface area contributed by atoms with Crippen molar-refractivity contribution in [1.29, 1.82) is 0 Å². The number of aryl methyl sites for hydroxylation is 2. The number of rotatable bonds is 2. The minimum Gasteiger partial charge on any atom is -0.480 e. The van der Waals surface area contributed by atoms with Crippen molar-refractivity contribution < 1.29 is 19.2 Å². The monoisotopic (exact) mass is 290 g/mol. The average molecular weight is 290 g/mol. The van der Waals surface area contributed by atoms with Crippen LogP contribution in [-0.4, -0.2) is 43.0 Å². The Labute approximate surface area is 119 Å². The number of H-pyrrole nitrogens is 1. The van der Waals surface area contributed by atoms with Gasteiger partial charge in [0.1, 0.15) is 17.4 Å². The maximum absolute atomic E-state index is 12.7. The lowest BCUT2D eigenvalue weighted by Gasteiger charge is -2.32. The summed E-state index contributed by atoms with van der Waals surface area (Å²) >= 11 is 0. The summed E-state index contributed by atoms with van der Waals surface area (Å²) in [6, 6.07) is -0.943. The van der Waals surface area contributed by atoms with E-state index in [2.05, 4.69) is 15.1 Å². The molecule has 0 aromatic carbocycles. The number of nitrogens with zero attached hydrogens (tertiary/aromatic N) is 3. The number of aliphatic carboxylic acids is 1. The van der Waals surface area contributed by atoms with Gasteiger partial charge in [0.2, 0.25) is 0 Å². The van der Waals surface area contributed by atoms with Gasteiger partial charge in [0, 0.05) is 6.42 Å². The first-order chi connectivity index (χ1) is 9.99. The van der Waals surface area contributed by atoms with Crippen LogP contribution in [0.3, 0.4) is 0 Å². The molecule has 1 unspecified atom stereocenters. The van der Waals surface area contributed by atoms with E-state index in [9.17, 15) is 14.7 Å². The fraction of sp³-hybridized carbons (Fsp3) is 0.385. The standard InChI is InChI=1S/C13H14N4O4/c1-6-11(7(2)21-16-6)12(18)17-4-9-8(14-5-15-9)3-10(17)13(19)20/h5,10H,3-4H2,1-2H3,(H,14,15)(H,19,20). The van der Waals surface area contributed by atoms with Crippen LogP contribution in [0.2, 0.25) is 0 Å². The molecule has 0 saturated heterocycles. The molecule has 0 bridgehead atoms. The van der Waals surface area contributed by atoms with E-state index in [0.29, 0.717) is 22.7 Å². The molecule has 0 fully saturated rings. The van der Waals surface area contributed by atoms with Gasteiger partial charge in [0.05, 0.1) is 30.0 Å². The van der Waals surface area contributed by atoms with Gasteiger partial charge >= 0.3 is 5.97 Å². The van der Waals surface area contributed by atoms with Crippen molar-refractivity contribution >= 4 is 11.9 Å². The minimum absolute atomic E-state index is 0.176. The number of carboxylic acid groups (broad SMARTS) is 1. The third kappa shape index (κ3) is 2.08. The molecule has 2 aromatic rings. The molecule has 8 heteroatoms. The molecule has 21 heavy (non-hydrogen) atoms. The number of carbonyl (C=O) groups is 2. The van der Waals surface area contributed by atoms with E-state index in [4.69, 9.17) is 4.52 Å². The van der Waals surface area contributed by atoms with Crippen molar-refractivity contribution in [3.8, 4) is 0 Å². The largest absolute Gasteiger partial charge is 0.480 e. The van der Waals surface area contributed by atoms with Gasteiger partial charge < -0.3 is 19.5 Å². The van der Waals surface area contributed by atoms with Crippen LogP contribution in [0.15, 0.2) is 10.9 Å².